The lowest BCUT2D eigenvalue weighted by Crippen LogP contribution is -2.16. The SMILES string of the molecule is Cc1ccc(N(C)O[SH](=O)=O)cc1. The molecule has 0 unspecified atom stereocenters. The van der Waals surface area contributed by atoms with Crippen LogP contribution in [-0.4, -0.2) is 15.5 Å². The Labute approximate surface area is 78.9 Å². The highest BCUT2D eigenvalue weighted by atomic mass is 32.2. The molecule has 0 bridgehead atoms. The Morgan fingerprint density at radius 3 is 2.23 bits per heavy atom. The number of hydrogen-bond donors (Lipinski definition) is 1. The van der Waals surface area contributed by atoms with Crippen molar-refractivity contribution in [3.8, 4) is 0 Å². The van der Waals surface area contributed by atoms with E-state index in [1.54, 1.807) is 12.1 Å². The van der Waals surface area contributed by atoms with Crippen molar-refractivity contribution in [3.63, 3.8) is 0 Å². The lowest BCUT2D eigenvalue weighted by molar-refractivity contribution is 0.320. The molecule has 0 aliphatic heterocycles. The van der Waals surface area contributed by atoms with E-state index in [9.17, 15) is 8.42 Å². The van der Waals surface area contributed by atoms with E-state index in [4.69, 9.17) is 0 Å². The monoisotopic (exact) mass is 201 g/mol. The molecular weight excluding hydrogens is 190 g/mol. The Bertz CT molecular complexity index is 337. The van der Waals surface area contributed by atoms with Crippen molar-refractivity contribution in [1.29, 1.82) is 0 Å². The quantitative estimate of drug-likeness (QED) is 0.582. The maximum absolute atomic E-state index is 10.2. The third-order valence-corrected chi connectivity index (χ3v) is 1.97. The molecule has 0 spiro atoms. The highest BCUT2D eigenvalue weighted by molar-refractivity contribution is 7.67. The van der Waals surface area contributed by atoms with Crippen LogP contribution >= 0.6 is 0 Å². The van der Waals surface area contributed by atoms with Crippen molar-refractivity contribution in [3.05, 3.63) is 29.8 Å². The first-order valence-electron chi connectivity index (χ1n) is 3.72. The highest BCUT2D eigenvalue weighted by Crippen LogP contribution is 2.13. The van der Waals surface area contributed by atoms with Crippen LogP contribution in [0, 0.1) is 6.92 Å². The number of nitrogens with zero attached hydrogens (tertiary/aromatic N) is 1. The van der Waals surface area contributed by atoms with Gasteiger partial charge >= 0.3 is 0 Å². The number of benzene rings is 1. The summed E-state index contributed by atoms with van der Waals surface area (Å²) in [6.45, 7) is 1.96. The van der Waals surface area contributed by atoms with Gasteiger partial charge in [0.25, 0.3) is 11.0 Å². The second-order valence-corrected chi connectivity index (χ2v) is 3.25. The Balaban J connectivity index is 2.77. The minimum Gasteiger partial charge on any atom is -0.240 e. The predicted molar refractivity (Wildman–Crippen MR) is 51.0 cm³/mol. The molecule has 0 atom stereocenters. The summed E-state index contributed by atoms with van der Waals surface area (Å²) in [4.78, 5) is 0. The zero-order valence-electron chi connectivity index (χ0n) is 7.43. The minimum atomic E-state index is -2.85. The fraction of sp³-hybridized carbons (Fsp3) is 0.250. The summed E-state index contributed by atoms with van der Waals surface area (Å²) < 4.78 is 24.9. The van der Waals surface area contributed by atoms with Gasteiger partial charge in [-0.1, -0.05) is 17.7 Å². The highest BCUT2D eigenvalue weighted by Gasteiger charge is 2.00. The maximum atomic E-state index is 10.2. The predicted octanol–water partition coefficient (Wildman–Crippen LogP) is 0.889. The Morgan fingerprint density at radius 1 is 1.23 bits per heavy atom. The van der Waals surface area contributed by atoms with Gasteiger partial charge < -0.3 is 0 Å². The van der Waals surface area contributed by atoms with Gasteiger partial charge in [-0.15, -0.1) is 0 Å². The molecule has 1 aromatic rings. The molecule has 0 saturated carbocycles. The van der Waals surface area contributed by atoms with Crippen LogP contribution in [0.2, 0.25) is 0 Å². The fourth-order valence-electron chi connectivity index (χ4n) is 0.902. The van der Waals surface area contributed by atoms with Crippen LogP contribution in [-0.2, 0) is 15.3 Å². The van der Waals surface area contributed by atoms with Crippen LogP contribution in [0.5, 0.6) is 0 Å². The van der Waals surface area contributed by atoms with Gasteiger partial charge in [-0.2, -0.15) is 4.28 Å². The molecular formula is C8H11NO3S. The zero-order valence-corrected chi connectivity index (χ0v) is 8.32. The summed E-state index contributed by atoms with van der Waals surface area (Å²) in [5, 5.41) is 1.20. The number of anilines is 1. The van der Waals surface area contributed by atoms with Crippen LogP contribution in [0.25, 0.3) is 0 Å². The first-order chi connectivity index (χ1) is 6.09. The summed E-state index contributed by atoms with van der Waals surface area (Å²) in [7, 11) is -1.31. The minimum absolute atomic E-state index is 0.699. The second-order valence-electron chi connectivity index (χ2n) is 2.64. The van der Waals surface area contributed by atoms with Crippen molar-refractivity contribution < 1.29 is 12.7 Å². The molecule has 1 aromatic carbocycles. The van der Waals surface area contributed by atoms with E-state index in [-0.39, 0.29) is 0 Å². The summed E-state index contributed by atoms with van der Waals surface area (Å²) in [6.07, 6.45) is 0. The van der Waals surface area contributed by atoms with Gasteiger partial charge in [0.15, 0.2) is 0 Å². The summed E-state index contributed by atoms with van der Waals surface area (Å²) >= 11 is 0. The molecule has 0 aliphatic rings. The Morgan fingerprint density at radius 2 is 1.77 bits per heavy atom. The van der Waals surface area contributed by atoms with Gasteiger partial charge in [0.05, 0.1) is 5.69 Å². The Kier molecular flexibility index (Phi) is 3.27. The van der Waals surface area contributed by atoms with E-state index in [1.807, 2.05) is 19.1 Å². The molecule has 0 amide bonds. The smallest absolute Gasteiger partial charge is 0.240 e. The summed E-state index contributed by atoms with van der Waals surface area (Å²) in [5.41, 5.74) is 1.81. The molecule has 0 aromatic heterocycles. The molecule has 5 heteroatoms. The fourth-order valence-corrected chi connectivity index (χ4v) is 1.20. The molecule has 13 heavy (non-hydrogen) atoms. The third kappa shape index (κ3) is 3.04. The molecule has 0 fully saturated rings. The van der Waals surface area contributed by atoms with Gasteiger partial charge in [-0.05, 0) is 19.1 Å². The van der Waals surface area contributed by atoms with Crippen LogP contribution in [0.15, 0.2) is 24.3 Å². The normalized spacial score (nSPS) is 10.4. The topological polar surface area (TPSA) is 46.6 Å². The largest absolute Gasteiger partial charge is 0.277 e. The molecule has 72 valence electrons. The van der Waals surface area contributed by atoms with Gasteiger partial charge in [0, 0.05) is 7.05 Å². The molecule has 0 heterocycles. The molecule has 4 nitrogen and oxygen atoms in total. The van der Waals surface area contributed by atoms with Crippen molar-refractivity contribution >= 4 is 16.7 Å². The molecule has 0 radical (unpaired) electrons. The average molecular weight is 201 g/mol. The van der Waals surface area contributed by atoms with Crippen molar-refractivity contribution in [2.45, 2.75) is 6.92 Å². The van der Waals surface area contributed by atoms with E-state index < -0.39 is 11.0 Å². The number of thiol groups is 1. The lowest BCUT2D eigenvalue weighted by atomic mass is 10.2. The van der Waals surface area contributed by atoms with Gasteiger partial charge in [-0.3, -0.25) is 0 Å². The standard InChI is InChI=1S/C8H11NO3S/c1-7-3-5-8(6-4-7)9(2)12-13(10)11/h3-6,13H,1-2H3. The van der Waals surface area contributed by atoms with Gasteiger partial charge in [-0.25, -0.2) is 13.5 Å². The lowest BCUT2D eigenvalue weighted by Gasteiger charge is -2.13. The van der Waals surface area contributed by atoms with Crippen LogP contribution in [0.1, 0.15) is 5.56 Å². The van der Waals surface area contributed by atoms with E-state index in [0.29, 0.717) is 5.69 Å². The number of rotatable bonds is 3. The zero-order chi connectivity index (χ0) is 9.84. The number of hydrogen-bond acceptors (Lipinski definition) is 4. The summed E-state index contributed by atoms with van der Waals surface area (Å²) in [5.74, 6) is 0. The van der Waals surface area contributed by atoms with E-state index >= 15 is 0 Å². The molecule has 1 rings (SSSR count). The van der Waals surface area contributed by atoms with E-state index in [1.165, 1.54) is 12.1 Å². The maximum Gasteiger partial charge on any atom is 0.277 e. The number of hydroxylamine groups is 1. The van der Waals surface area contributed by atoms with Crippen molar-refractivity contribution in [2.24, 2.45) is 0 Å². The molecule has 0 saturated heterocycles. The third-order valence-electron chi connectivity index (χ3n) is 1.59. The van der Waals surface area contributed by atoms with Crippen LogP contribution in [0.4, 0.5) is 5.69 Å². The van der Waals surface area contributed by atoms with Crippen LogP contribution in [0.3, 0.4) is 0 Å². The van der Waals surface area contributed by atoms with Crippen molar-refractivity contribution in [1.82, 2.24) is 0 Å². The first kappa shape index (κ1) is 10.0. The van der Waals surface area contributed by atoms with E-state index in [0.717, 1.165) is 5.56 Å². The van der Waals surface area contributed by atoms with Gasteiger partial charge in [0.2, 0.25) is 0 Å². The average Bonchev–Trinajstić information content (AvgIpc) is 2.04. The van der Waals surface area contributed by atoms with E-state index in [2.05, 4.69) is 4.28 Å². The second kappa shape index (κ2) is 4.25. The van der Waals surface area contributed by atoms with Crippen molar-refractivity contribution in [2.75, 3.05) is 12.1 Å². The Hall–Kier alpha value is -1.07. The number of aryl methyl sites for hydroxylation is 1. The van der Waals surface area contributed by atoms with Crippen LogP contribution < -0.4 is 5.06 Å². The first-order valence-corrected chi connectivity index (χ1v) is 4.82. The van der Waals surface area contributed by atoms with Gasteiger partial charge in [0.1, 0.15) is 0 Å². The molecule has 0 aliphatic carbocycles. The molecule has 0 N–H and O–H groups in total. The summed E-state index contributed by atoms with van der Waals surface area (Å²) in [6, 6.07) is 7.34.